The molecule has 23 heavy (non-hydrogen) atoms. The van der Waals surface area contributed by atoms with E-state index in [0.29, 0.717) is 16.3 Å². The third kappa shape index (κ3) is 3.44. The lowest BCUT2D eigenvalue weighted by molar-refractivity contribution is 0.475. The van der Waals surface area contributed by atoms with Crippen molar-refractivity contribution in [3.8, 4) is 23.1 Å². The fourth-order valence-corrected chi connectivity index (χ4v) is 2.87. The molecule has 0 saturated carbocycles. The van der Waals surface area contributed by atoms with Crippen molar-refractivity contribution in [2.75, 3.05) is 0 Å². The Morgan fingerprint density at radius 3 is 2.70 bits per heavy atom. The molecule has 5 heteroatoms. The smallest absolute Gasteiger partial charge is 0.134 e. The lowest BCUT2D eigenvalue weighted by Crippen LogP contribution is -1.83. The van der Waals surface area contributed by atoms with Crippen molar-refractivity contribution >= 4 is 23.0 Å². The third-order valence-corrected chi connectivity index (χ3v) is 4.05. The number of thiazole rings is 1. The fourth-order valence-electron chi connectivity index (χ4n) is 2.07. The first-order valence-electron chi connectivity index (χ1n) is 6.78. The maximum Gasteiger partial charge on any atom is 0.134 e. The fraction of sp³-hybridized carbons (Fsp3) is 0. The van der Waals surface area contributed by atoms with E-state index in [2.05, 4.69) is 11.1 Å². The third-order valence-electron chi connectivity index (χ3n) is 3.18. The lowest BCUT2D eigenvalue weighted by atomic mass is 10.1. The van der Waals surface area contributed by atoms with Crippen LogP contribution in [0, 0.1) is 17.1 Å². The highest BCUT2D eigenvalue weighted by Gasteiger charge is 2.09. The van der Waals surface area contributed by atoms with E-state index in [4.69, 9.17) is 0 Å². The predicted octanol–water partition coefficient (Wildman–Crippen LogP) is 4.72. The number of rotatable bonds is 3. The van der Waals surface area contributed by atoms with Crippen LogP contribution in [-0.4, -0.2) is 10.1 Å². The van der Waals surface area contributed by atoms with Gasteiger partial charge < -0.3 is 5.11 Å². The Labute approximate surface area is 136 Å². The van der Waals surface area contributed by atoms with E-state index in [1.54, 1.807) is 42.5 Å². The molecule has 112 valence electrons. The van der Waals surface area contributed by atoms with Crippen molar-refractivity contribution in [3.05, 3.63) is 70.3 Å². The number of allylic oxidation sites excluding steroid dienone is 1. The van der Waals surface area contributed by atoms with Crippen molar-refractivity contribution in [1.29, 1.82) is 5.26 Å². The molecule has 0 bridgehead atoms. The Bertz CT molecular complexity index is 907. The Kier molecular flexibility index (Phi) is 4.18. The summed E-state index contributed by atoms with van der Waals surface area (Å²) in [5.41, 5.74) is 2.62. The average molecular weight is 322 g/mol. The molecule has 0 aliphatic rings. The van der Waals surface area contributed by atoms with E-state index in [9.17, 15) is 14.8 Å². The van der Waals surface area contributed by atoms with Crippen molar-refractivity contribution in [1.82, 2.24) is 4.98 Å². The van der Waals surface area contributed by atoms with Crippen LogP contribution in [0.3, 0.4) is 0 Å². The molecule has 3 aromatic rings. The Morgan fingerprint density at radius 1 is 1.22 bits per heavy atom. The summed E-state index contributed by atoms with van der Waals surface area (Å²) in [5, 5.41) is 21.3. The monoisotopic (exact) mass is 322 g/mol. The van der Waals surface area contributed by atoms with Crippen LogP contribution in [-0.2, 0) is 0 Å². The van der Waals surface area contributed by atoms with Gasteiger partial charge in [-0.05, 0) is 48.0 Å². The van der Waals surface area contributed by atoms with Gasteiger partial charge in [-0.2, -0.15) is 5.26 Å². The van der Waals surface area contributed by atoms with Gasteiger partial charge in [0.25, 0.3) is 0 Å². The van der Waals surface area contributed by atoms with Crippen LogP contribution in [0.25, 0.3) is 22.9 Å². The van der Waals surface area contributed by atoms with Gasteiger partial charge in [0.05, 0.1) is 11.3 Å². The van der Waals surface area contributed by atoms with Crippen LogP contribution in [0.4, 0.5) is 4.39 Å². The molecule has 3 rings (SSSR count). The van der Waals surface area contributed by atoms with Crippen LogP contribution in [0.5, 0.6) is 5.75 Å². The molecule has 0 spiro atoms. The number of hydrogen-bond donors (Lipinski definition) is 1. The molecule has 0 unspecified atom stereocenters. The minimum absolute atomic E-state index is 0.141. The summed E-state index contributed by atoms with van der Waals surface area (Å²) in [4.78, 5) is 4.44. The predicted molar refractivity (Wildman–Crippen MR) is 89.1 cm³/mol. The quantitative estimate of drug-likeness (QED) is 0.710. The molecule has 0 amide bonds. The lowest BCUT2D eigenvalue weighted by Gasteiger charge is -1.97. The SMILES string of the molecule is N#CC(=Cc1cccc(O)c1)c1nc(-c2ccc(F)cc2)cs1. The van der Waals surface area contributed by atoms with Crippen molar-refractivity contribution in [2.45, 2.75) is 0 Å². The Morgan fingerprint density at radius 2 is 2.00 bits per heavy atom. The van der Waals surface area contributed by atoms with Crippen LogP contribution >= 0.6 is 11.3 Å². The van der Waals surface area contributed by atoms with Gasteiger partial charge in [0, 0.05) is 10.9 Å². The Hall–Kier alpha value is -2.97. The first kappa shape index (κ1) is 14.9. The zero-order chi connectivity index (χ0) is 16.2. The summed E-state index contributed by atoms with van der Waals surface area (Å²) in [6, 6.07) is 14.8. The van der Waals surface area contributed by atoms with Gasteiger partial charge in [-0.1, -0.05) is 12.1 Å². The van der Waals surface area contributed by atoms with E-state index in [1.165, 1.54) is 23.5 Å². The van der Waals surface area contributed by atoms with E-state index >= 15 is 0 Å². The minimum Gasteiger partial charge on any atom is -0.508 e. The molecule has 0 radical (unpaired) electrons. The highest BCUT2D eigenvalue weighted by Crippen LogP contribution is 2.27. The number of aromatic hydroxyl groups is 1. The summed E-state index contributed by atoms with van der Waals surface area (Å²) >= 11 is 1.35. The van der Waals surface area contributed by atoms with E-state index in [1.807, 2.05) is 5.38 Å². The number of phenols is 1. The molecule has 1 N–H and O–H groups in total. The van der Waals surface area contributed by atoms with Gasteiger partial charge in [-0.15, -0.1) is 11.3 Å². The van der Waals surface area contributed by atoms with Gasteiger partial charge in [-0.25, -0.2) is 9.37 Å². The number of nitriles is 1. The molecule has 0 atom stereocenters. The number of phenolic OH excluding ortho intramolecular Hbond substituents is 1. The molecule has 2 aromatic carbocycles. The van der Waals surface area contributed by atoms with E-state index < -0.39 is 0 Å². The maximum absolute atomic E-state index is 13.0. The number of halogens is 1. The van der Waals surface area contributed by atoms with Crippen LogP contribution in [0.15, 0.2) is 53.9 Å². The molecule has 3 nitrogen and oxygen atoms in total. The minimum atomic E-state index is -0.300. The molecular formula is C18H11FN2OS. The molecule has 0 aliphatic heterocycles. The molecule has 1 aromatic heterocycles. The molecule has 0 saturated heterocycles. The number of benzene rings is 2. The summed E-state index contributed by atoms with van der Waals surface area (Å²) in [5.74, 6) is -0.159. The topological polar surface area (TPSA) is 56.9 Å². The zero-order valence-electron chi connectivity index (χ0n) is 11.9. The molecule has 0 aliphatic carbocycles. The molecular weight excluding hydrogens is 311 g/mol. The second-order valence-corrected chi connectivity index (χ2v) is 5.67. The Balaban J connectivity index is 1.94. The normalized spacial score (nSPS) is 11.2. The highest BCUT2D eigenvalue weighted by atomic mass is 32.1. The standard InChI is InChI=1S/C18H11FN2OS/c19-15-6-4-13(5-7-15)17-11-23-18(21-17)14(10-20)8-12-2-1-3-16(22)9-12/h1-9,11,22H. The van der Waals surface area contributed by atoms with Gasteiger partial charge in [-0.3, -0.25) is 0 Å². The van der Waals surface area contributed by atoms with Crippen LogP contribution in [0.1, 0.15) is 10.6 Å². The highest BCUT2D eigenvalue weighted by molar-refractivity contribution is 7.11. The van der Waals surface area contributed by atoms with Gasteiger partial charge >= 0.3 is 0 Å². The van der Waals surface area contributed by atoms with Crippen molar-refractivity contribution < 1.29 is 9.50 Å². The van der Waals surface area contributed by atoms with Crippen LogP contribution < -0.4 is 0 Å². The maximum atomic E-state index is 13.0. The number of aromatic nitrogens is 1. The molecule has 1 heterocycles. The first-order chi connectivity index (χ1) is 11.2. The van der Waals surface area contributed by atoms with Gasteiger partial charge in [0.15, 0.2) is 0 Å². The van der Waals surface area contributed by atoms with Crippen LogP contribution in [0.2, 0.25) is 0 Å². The summed E-state index contributed by atoms with van der Waals surface area (Å²) in [6.07, 6.45) is 1.67. The second-order valence-electron chi connectivity index (χ2n) is 4.81. The van der Waals surface area contributed by atoms with Crippen molar-refractivity contribution in [3.63, 3.8) is 0 Å². The number of nitrogens with zero attached hydrogens (tertiary/aromatic N) is 2. The first-order valence-corrected chi connectivity index (χ1v) is 7.66. The second kappa shape index (κ2) is 6.42. The van der Waals surface area contributed by atoms with E-state index in [-0.39, 0.29) is 11.6 Å². The summed E-state index contributed by atoms with van der Waals surface area (Å²) in [6.45, 7) is 0. The summed E-state index contributed by atoms with van der Waals surface area (Å²) < 4.78 is 13.0. The largest absolute Gasteiger partial charge is 0.508 e. The van der Waals surface area contributed by atoms with Gasteiger partial charge in [0.2, 0.25) is 0 Å². The van der Waals surface area contributed by atoms with Gasteiger partial charge in [0.1, 0.15) is 22.6 Å². The van der Waals surface area contributed by atoms with Crippen molar-refractivity contribution in [2.24, 2.45) is 0 Å². The zero-order valence-corrected chi connectivity index (χ0v) is 12.7. The summed E-state index contributed by atoms with van der Waals surface area (Å²) in [7, 11) is 0. The number of hydrogen-bond acceptors (Lipinski definition) is 4. The average Bonchev–Trinajstić information content (AvgIpc) is 3.03. The molecule has 0 fully saturated rings. The van der Waals surface area contributed by atoms with E-state index in [0.717, 1.165) is 11.1 Å².